The maximum absolute atomic E-state index is 10.6. The highest BCUT2D eigenvalue weighted by Crippen LogP contribution is 2.14. The summed E-state index contributed by atoms with van der Waals surface area (Å²) in [6.45, 7) is 1.80. The first kappa shape index (κ1) is 16.2. The van der Waals surface area contributed by atoms with Crippen LogP contribution in [0.4, 0.5) is 0 Å². The number of carboxylic acid groups (broad SMARTS) is 1. The van der Waals surface area contributed by atoms with Gasteiger partial charge in [0.15, 0.2) is 0 Å². The molecule has 0 aliphatic heterocycles. The topological polar surface area (TPSA) is 104 Å². The average Bonchev–Trinajstić information content (AvgIpc) is 2.15. The van der Waals surface area contributed by atoms with Crippen molar-refractivity contribution in [2.24, 2.45) is 5.73 Å². The standard InChI is InChI=1S/C7H15NO2S.H2NOS/c1-3-7(8,6(9)10)4-5-11-2;1-3-2/h3-5,8H2,1-2H3,(H,9,10);1,3H/q;-1. The van der Waals surface area contributed by atoms with E-state index in [1.807, 2.05) is 6.26 Å². The zero-order valence-electron chi connectivity index (χ0n) is 8.32. The number of nitrogens with one attached hydrogen (secondary N) is 1. The van der Waals surface area contributed by atoms with Crippen LogP contribution in [0.25, 0.3) is 0 Å². The van der Waals surface area contributed by atoms with Crippen molar-refractivity contribution >= 4 is 29.2 Å². The summed E-state index contributed by atoms with van der Waals surface area (Å²) in [6, 6.07) is 0. The monoisotopic (exact) mass is 241 g/mol. The molecule has 0 bridgehead atoms. The van der Waals surface area contributed by atoms with E-state index in [4.69, 9.17) is 19.8 Å². The number of rotatable bonds is 5. The van der Waals surface area contributed by atoms with E-state index in [-0.39, 0.29) is 0 Å². The molecule has 0 aromatic carbocycles. The molecular formula is C7H17N2O3S2-. The molecule has 0 aromatic heterocycles. The highest BCUT2D eigenvalue weighted by Gasteiger charge is 2.30. The fourth-order valence-electron chi connectivity index (χ4n) is 0.719. The van der Waals surface area contributed by atoms with Crippen LogP contribution in [-0.4, -0.2) is 28.6 Å². The summed E-state index contributed by atoms with van der Waals surface area (Å²) in [5, 5.41) is 8.72. The van der Waals surface area contributed by atoms with E-state index in [9.17, 15) is 4.79 Å². The van der Waals surface area contributed by atoms with Gasteiger partial charge in [-0.05, 0) is 24.9 Å². The molecule has 1 unspecified atom stereocenters. The van der Waals surface area contributed by atoms with E-state index in [2.05, 4.69) is 0 Å². The maximum atomic E-state index is 10.6. The second-order valence-corrected chi connectivity index (χ2v) is 3.82. The van der Waals surface area contributed by atoms with Gasteiger partial charge in [-0.2, -0.15) is 11.8 Å². The predicted octanol–water partition coefficient (Wildman–Crippen LogP) is 0.841. The first-order valence-corrected chi connectivity index (χ1v) is 6.19. The number of aliphatic carboxylic acids is 1. The van der Waals surface area contributed by atoms with Gasteiger partial charge in [-0.25, -0.2) is 11.5 Å². The third-order valence-corrected chi connectivity index (χ3v) is 2.42. The van der Waals surface area contributed by atoms with Crippen LogP contribution < -0.4 is 5.73 Å². The summed E-state index contributed by atoms with van der Waals surface area (Å²) in [5.74, 6) is -0.0922. The molecule has 0 rings (SSSR count). The lowest BCUT2D eigenvalue weighted by Gasteiger charge is -2.21. The quantitative estimate of drug-likeness (QED) is 0.489. The Morgan fingerprint density at radius 3 is 2.36 bits per heavy atom. The molecule has 0 aliphatic rings. The number of hydrogen-bond acceptors (Lipinski definition) is 6. The Kier molecular flexibility index (Phi) is 10.7. The predicted molar refractivity (Wildman–Crippen MR) is 60.0 cm³/mol. The summed E-state index contributed by atoms with van der Waals surface area (Å²) >= 11 is 1.03. The Morgan fingerprint density at radius 1 is 1.71 bits per heavy atom. The molecule has 0 radical (unpaired) electrons. The van der Waals surface area contributed by atoms with E-state index < -0.39 is 23.0 Å². The maximum Gasteiger partial charge on any atom is 0.323 e. The van der Waals surface area contributed by atoms with E-state index in [0.717, 1.165) is 5.75 Å². The van der Waals surface area contributed by atoms with Crippen LogP contribution in [0.3, 0.4) is 0 Å². The van der Waals surface area contributed by atoms with Gasteiger partial charge in [-0.1, -0.05) is 6.92 Å². The Morgan fingerprint density at radius 2 is 2.14 bits per heavy atom. The van der Waals surface area contributed by atoms with Gasteiger partial charge in [0.1, 0.15) is 5.54 Å². The van der Waals surface area contributed by atoms with Crippen LogP contribution in [0.2, 0.25) is 0 Å². The third-order valence-electron chi connectivity index (χ3n) is 1.81. The van der Waals surface area contributed by atoms with Crippen molar-refractivity contribution in [1.82, 2.24) is 0 Å². The van der Waals surface area contributed by atoms with Crippen molar-refractivity contribution in [3.8, 4) is 0 Å². The van der Waals surface area contributed by atoms with Gasteiger partial charge in [-0.3, -0.25) is 4.79 Å². The minimum absolute atomic E-state index is 0.489. The number of hydrogen-bond donors (Lipinski definition) is 3. The zero-order chi connectivity index (χ0) is 11.6. The summed E-state index contributed by atoms with van der Waals surface area (Å²) in [4.78, 5) is 10.6. The van der Waals surface area contributed by atoms with Crippen LogP contribution in [-0.2, 0) is 20.5 Å². The van der Waals surface area contributed by atoms with Crippen molar-refractivity contribution < 1.29 is 14.1 Å². The Balaban J connectivity index is 0. The summed E-state index contributed by atoms with van der Waals surface area (Å²) < 4.78 is 14.2. The van der Waals surface area contributed by atoms with Crippen molar-refractivity contribution in [3.63, 3.8) is 0 Å². The first-order valence-electron chi connectivity index (χ1n) is 3.98. The molecule has 86 valence electrons. The Bertz CT molecular complexity index is 207. The van der Waals surface area contributed by atoms with Crippen LogP contribution in [0, 0.1) is 4.78 Å². The molecule has 0 spiro atoms. The van der Waals surface area contributed by atoms with Crippen LogP contribution in [0.15, 0.2) is 0 Å². The van der Waals surface area contributed by atoms with E-state index in [1.54, 1.807) is 18.7 Å². The van der Waals surface area contributed by atoms with E-state index in [1.165, 1.54) is 0 Å². The first-order chi connectivity index (χ1) is 6.48. The molecule has 0 fully saturated rings. The molecule has 5 nitrogen and oxygen atoms in total. The molecule has 14 heavy (non-hydrogen) atoms. The Labute approximate surface area is 91.5 Å². The number of thioether (sulfide) groups is 1. The van der Waals surface area contributed by atoms with E-state index >= 15 is 0 Å². The SMILES string of the molecule is CCC(N)(CCSC)C(=O)O.N=[SH-]=O. The fraction of sp³-hybridized carbons (Fsp3) is 0.857. The molecule has 0 saturated heterocycles. The van der Waals surface area contributed by atoms with E-state index in [0.29, 0.717) is 12.8 Å². The van der Waals surface area contributed by atoms with Crippen LogP contribution in [0.1, 0.15) is 19.8 Å². The van der Waals surface area contributed by atoms with Crippen LogP contribution in [0.5, 0.6) is 0 Å². The van der Waals surface area contributed by atoms with Gasteiger partial charge in [-0.15, -0.1) is 0 Å². The molecule has 0 aromatic rings. The second kappa shape index (κ2) is 9.29. The molecule has 0 heterocycles. The molecule has 0 saturated carbocycles. The molecule has 7 heteroatoms. The third kappa shape index (κ3) is 7.16. The van der Waals surface area contributed by atoms with Gasteiger partial charge in [0.25, 0.3) is 0 Å². The minimum atomic E-state index is -1.01. The number of carbonyl (C=O) groups is 1. The van der Waals surface area contributed by atoms with Crippen molar-refractivity contribution in [1.29, 1.82) is 4.78 Å². The number of thiol groups is 1. The normalized spacial score (nSPS) is 13.6. The smallest absolute Gasteiger partial charge is 0.323 e. The van der Waals surface area contributed by atoms with Gasteiger partial charge < -0.3 is 19.8 Å². The van der Waals surface area contributed by atoms with Crippen LogP contribution >= 0.6 is 11.8 Å². The second-order valence-electron chi connectivity index (χ2n) is 2.65. The minimum Gasteiger partial charge on any atom is -0.480 e. The number of carboxylic acids is 1. The fourth-order valence-corrected chi connectivity index (χ4v) is 1.29. The van der Waals surface area contributed by atoms with Gasteiger partial charge in [0, 0.05) is 0 Å². The largest absolute Gasteiger partial charge is 0.480 e. The van der Waals surface area contributed by atoms with Gasteiger partial charge >= 0.3 is 5.97 Å². The highest BCUT2D eigenvalue weighted by molar-refractivity contribution is 7.98. The lowest BCUT2D eigenvalue weighted by atomic mass is 9.95. The van der Waals surface area contributed by atoms with Crippen molar-refractivity contribution in [2.75, 3.05) is 12.0 Å². The zero-order valence-corrected chi connectivity index (χ0v) is 10.0. The van der Waals surface area contributed by atoms with Gasteiger partial charge in [0.05, 0.1) is 0 Å². The molecule has 0 aliphatic carbocycles. The average molecular weight is 241 g/mol. The summed E-state index contributed by atoms with van der Waals surface area (Å²) in [5.41, 5.74) is 4.60. The van der Waals surface area contributed by atoms with Crippen molar-refractivity contribution in [2.45, 2.75) is 25.3 Å². The molecule has 0 amide bonds. The Hall–Kier alpha value is -0.270. The molecular weight excluding hydrogens is 224 g/mol. The molecule has 1 atom stereocenters. The summed E-state index contributed by atoms with van der Waals surface area (Å²) in [6.07, 6.45) is 2.97. The van der Waals surface area contributed by atoms with Crippen molar-refractivity contribution in [3.05, 3.63) is 0 Å². The molecule has 4 N–H and O–H groups in total. The van der Waals surface area contributed by atoms with Gasteiger partial charge in [0.2, 0.25) is 0 Å². The highest BCUT2D eigenvalue weighted by atomic mass is 32.2. The summed E-state index contributed by atoms with van der Waals surface area (Å²) in [7, 11) is 0. The lowest BCUT2D eigenvalue weighted by Crippen LogP contribution is -2.47. The number of nitrogens with two attached hydrogens (primary N) is 1. The lowest BCUT2D eigenvalue weighted by molar-refractivity contribution is -0.143.